The van der Waals surface area contributed by atoms with Gasteiger partial charge in [-0.2, -0.15) is 0 Å². The summed E-state index contributed by atoms with van der Waals surface area (Å²) < 4.78 is 52.2. The molecule has 8 heteroatoms. The maximum Gasteiger partial charge on any atom is 0.319 e. The van der Waals surface area contributed by atoms with Crippen molar-refractivity contribution in [1.29, 1.82) is 0 Å². The molecule has 1 atom stereocenters. The normalized spacial score (nSPS) is 11.9. The van der Waals surface area contributed by atoms with Gasteiger partial charge in [0.25, 0.3) is 0 Å². The van der Waals surface area contributed by atoms with Gasteiger partial charge in [0.1, 0.15) is 5.82 Å². The van der Waals surface area contributed by atoms with Gasteiger partial charge in [-0.1, -0.05) is 18.2 Å². The SMILES string of the molecule is O=C(NCC(O)c1ccccc1F)Nc1cc(F)c(F)c(F)c1. The van der Waals surface area contributed by atoms with Crippen LogP contribution in [-0.2, 0) is 0 Å². The molecule has 0 heterocycles. The fourth-order valence-electron chi connectivity index (χ4n) is 1.85. The van der Waals surface area contributed by atoms with Crippen LogP contribution in [0.1, 0.15) is 11.7 Å². The molecule has 0 spiro atoms. The molecule has 3 N–H and O–H groups in total. The fourth-order valence-corrected chi connectivity index (χ4v) is 1.85. The van der Waals surface area contributed by atoms with Gasteiger partial charge in [0.05, 0.1) is 6.10 Å². The second kappa shape index (κ2) is 7.10. The Morgan fingerprint density at radius 1 is 1.04 bits per heavy atom. The molecule has 0 aromatic heterocycles. The average Bonchev–Trinajstić information content (AvgIpc) is 2.50. The maximum atomic E-state index is 13.4. The van der Waals surface area contributed by atoms with Gasteiger partial charge < -0.3 is 15.7 Å². The summed E-state index contributed by atoms with van der Waals surface area (Å²) in [5.74, 6) is -5.19. The van der Waals surface area contributed by atoms with Crippen LogP contribution in [0.4, 0.5) is 28.0 Å². The van der Waals surface area contributed by atoms with E-state index in [0.29, 0.717) is 12.1 Å². The highest BCUT2D eigenvalue weighted by molar-refractivity contribution is 5.89. The Balaban J connectivity index is 1.94. The zero-order valence-electron chi connectivity index (χ0n) is 11.6. The second-order valence-electron chi connectivity index (χ2n) is 4.63. The van der Waals surface area contributed by atoms with Gasteiger partial charge in [0.2, 0.25) is 0 Å². The first-order chi connectivity index (χ1) is 10.9. The molecule has 0 bridgehead atoms. The summed E-state index contributed by atoms with van der Waals surface area (Å²) in [5, 5.41) is 14.1. The van der Waals surface area contributed by atoms with Crippen molar-refractivity contribution < 1.29 is 27.5 Å². The molecule has 2 rings (SSSR count). The lowest BCUT2D eigenvalue weighted by Gasteiger charge is -2.13. The number of urea groups is 1. The lowest BCUT2D eigenvalue weighted by molar-refractivity contribution is 0.170. The minimum atomic E-state index is -1.65. The number of aliphatic hydroxyl groups excluding tert-OH is 1. The van der Waals surface area contributed by atoms with Crippen LogP contribution in [0.5, 0.6) is 0 Å². The highest BCUT2D eigenvalue weighted by Gasteiger charge is 2.15. The molecule has 1 unspecified atom stereocenters. The Morgan fingerprint density at radius 3 is 2.26 bits per heavy atom. The van der Waals surface area contributed by atoms with Crippen LogP contribution in [0, 0.1) is 23.3 Å². The highest BCUT2D eigenvalue weighted by Crippen LogP contribution is 2.18. The molecule has 0 aliphatic heterocycles. The van der Waals surface area contributed by atoms with E-state index < -0.39 is 35.4 Å². The molecule has 122 valence electrons. The van der Waals surface area contributed by atoms with E-state index in [1.54, 1.807) is 0 Å². The van der Waals surface area contributed by atoms with E-state index in [2.05, 4.69) is 10.6 Å². The van der Waals surface area contributed by atoms with E-state index in [0.717, 1.165) is 6.07 Å². The van der Waals surface area contributed by atoms with Crippen molar-refractivity contribution in [3.05, 3.63) is 65.2 Å². The summed E-state index contributed by atoms with van der Waals surface area (Å²) >= 11 is 0. The van der Waals surface area contributed by atoms with E-state index in [1.807, 2.05) is 0 Å². The Labute approximate surface area is 128 Å². The molecule has 0 saturated carbocycles. The monoisotopic (exact) mass is 328 g/mol. The number of benzene rings is 2. The van der Waals surface area contributed by atoms with Gasteiger partial charge >= 0.3 is 6.03 Å². The van der Waals surface area contributed by atoms with Crippen LogP contribution in [-0.4, -0.2) is 17.7 Å². The molecule has 0 radical (unpaired) electrons. The first-order valence-corrected chi connectivity index (χ1v) is 6.50. The van der Waals surface area contributed by atoms with Crippen LogP contribution in [0.15, 0.2) is 36.4 Å². The minimum absolute atomic E-state index is 0.00771. The maximum absolute atomic E-state index is 13.4. The summed E-state index contributed by atoms with van der Waals surface area (Å²) in [6.07, 6.45) is -1.30. The predicted octanol–water partition coefficient (Wildman–Crippen LogP) is 3.10. The van der Waals surface area contributed by atoms with E-state index >= 15 is 0 Å². The van der Waals surface area contributed by atoms with Crippen molar-refractivity contribution >= 4 is 11.7 Å². The van der Waals surface area contributed by atoms with Crippen LogP contribution < -0.4 is 10.6 Å². The van der Waals surface area contributed by atoms with E-state index in [9.17, 15) is 27.5 Å². The Kier molecular flexibility index (Phi) is 5.17. The molecular weight excluding hydrogens is 316 g/mol. The second-order valence-corrected chi connectivity index (χ2v) is 4.63. The molecule has 2 aromatic carbocycles. The first kappa shape index (κ1) is 16.8. The number of carbonyl (C=O) groups excluding carboxylic acids is 1. The average molecular weight is 328 g/mol. The van der Waals surface area contributed by atoms with Crippen molar-refractivity contribution in [2.45, 2.75) is 6.10 Å². The molecular formula is C15H12F4N2O2. The third-order valence-corrected chi connectivity index (χ3v) is 2.96. The molecule has 2 aromatic rings. The fraction of sp³-hybridized carbons (Fsp3) is 0.133. The van der Waals surface area contributed by atoms with Gasteiger partial charge in [-0.25, -0.2) is 22.4 Å². The van der Waals surface area contributed by atoms with E-state index in [1.165, 1.54) is 18.2 Å². The zero-order chi connectivity index (χ0) is 17.0. The number of aliphatic hydroxyl groups is 1. The summed E-state index contributed by atoms with van der Waals surface area (Å²) in [6.45, 7) is -0.334. The van der Waals surface area contributed by atoms with E-state index in [4.69, 9.17) is 0 Å². The first-order valence-electron chi connectivity index (χ1n) is 6.50. The van der Waals surface area contributed by atoms with Gasteiger partial charge in [-0.3, -0.25) is 0 Å². The number of nitrogens with one attached hydrogen (secondary N) is 2. The third-order valence-electron chi connectivity index (χ3n) is 2.96. The summed E-state index contributed by atoms with van der Waals surface area (Å²) in [7, 11) is 0. The van der Waals surface area contributed by atoms with Gasteiger partial charge in [-0.05, 0) is 6.07 Å². The molecule has 0 aliphatic rings. The summed E-state index contributed by atoms with van der Waals surface area (Å²) in [5.41, 5.74) is -0.314. The van der Waals surface area contributed by atoms with Gasteiger partial charge in [0, 0.05) is 29.9 Å². The number of hydrogen-bond acceptors (Lipinski definition) is 2. The number of rotatable bonds is 4. The number of carbonyl (C=O) groups is 1. The summed E-state index contributed by atoms with van der Waals surface area (Å²) in [4.78, 5) is 11.6. The van der Waals surface area contributed by atoms with Crippen molar-refractivity contribution in [2.75, 3.05) is 11.9 Å². The number of anilines is 1. The largest absolute Gasteiger partial charge is 0.386 e. The van der Waals surface area contributed by atoms with Crippen molar-refractivity contribution in [1.82, 2.24) is 5.32 Å². The standard InChI is InChI=1S/C15H12F4N2O2/c16-10-4-2-1-3-9(10)13(22)7-20-15(23)21-8-5-11(17)14(19)12(18)6-8/h1-6,13,22H,7H2,(H2,20,21,23). The lowest BCUT2D eigenvalue weighted by atomic mass is 10.1. The molecule has 0 saturated heterocycles. The van der Waals surface area contributed by atoms with Gasteiger partial charge in [-0.15, -0.1) is 0 Å². The molecule has 2 amide bonds. The van der Waals surface area contributed by atoms with Crippen LogP contribution in [0.3, 0.4) is 0 Å². The summed E-state index contributed by atoms with van der Waals surface area (Å²) in [6, 6.07) is 5.78. The van der Waals surface area contributed by atoms with E-state index in [-0.39, 0.29) is 17.8 Å². The lowest BCUT2D eigenvalue weighted by Crippen LogP contribution is -2.32. The molecule has 4 nitrogen and oxygen atoms in total. The number of halogens is 4. The Hall–Kier alpha value is -2.61. The van der Waals surface area contributed by atoms with Crippen LogP contribution in [0.2, 0.25) is 0 Å². The zero-order valence-corrected chi connectivity index (χ0v) is 11.6. The molecule has 23 heavy (non-hydrogen) atoms. The highest BCUT2D eigenvalue weighted by atomic mass is 19.2. The molecule has 0 aliphatic carbocycles. The minimum Gasteiger partial charge on any atom is -0.386 e. The quantitative estimate of drug-likeness (QED) is 0.597. The Bertz CT molecular complexity index is 701. The number of amides is 2. The third kappa shape index (κ3) is 4.19. The van der Waals surface area contributed by atoms with Crippen molar-refractivity contribution in [3.63, 3.8) is 0 Å². The van der Waals surface area contributed by atoms with Crippen LogP contribution in [0.25, 0.3) is 0 Å². The van der Waals surface area contributed by atoms with Gasteiger partial charge in [0.15, 0.2) is 17.5 Å². The smallest absolute Gasteiger partial charge is 0.319 e. The van der Waals surface area contributed by atoms with Crippen molar-refractivity contribution in [3.8, 4) is 0 Å². The topological polar surface area (TPSA) is 61.4 Å². The number of hydrogen-bond donors (Lipinski definition) is 3. The van der Waals surface area contributed by atoms with Crippen LogP contribution >= 0.6 is 0 Å². The predicted molar refractivity (Wildman–Crippen MR) is 74.7 cm³/mol. The van der Waals surface area contributed by atoms with Crippen molar-refractivity contribution in [2.24, 2.45) is 0 Å². The molecule has 0 fully saturated rings. The Morgan fingerprint density at radius 2 is 1.65 bits per heavy atom.